The molecule has 1 aliphatic rings. The zero-order chi connectivity index (χ0) is 14.1. The van der Waals surface area contributed by atoms with Crippen LogP contribution in [0, 0.1) is 0 Å². The minimum absolute atomic E-state index is 0.754. The molecular formula is C15H13N5S. The normalized spacial score (nSPS) is 14.0. The third-order valence-electron chi connectivity index (χ3n) is 3.42. The third kappa shape index (κ3) is 2.27. The molecule has 3 heterocycles. The van der Waals surface area contributed by atoms with Gasteiger partial charge in [-0.25, -0.2) is 0 Å². The lowest BCUT2D eigenvalue weighted by Crippen LogP contribution is -2.30. The molecule has 0 spiro atoms. The van der Waals surface area contributed by atoms with Crippen molar-refractivity contribution in [2.24, 2.45) is 0 Å². The van der Waals surface area contributed by atoms with E-state index in [0.29, 0.717) is 0 Å². The maximum atomic E-state index is 4.32. The van der Waals surface area contributed by atoms with Gasteiger partial charge in [-0.3, -0.25) is 9.55 Å². The van der Waals surface area contributed by atoms with Crippen molar-refractivity contribution in [2.75, 3.05) is 10.8 Å². The fraction of sp³-hybridized carbons (Fsp3) is 0.133. The molecule has 2 aromatic heterocycles. The van der Waals surface area contributed by atoms with E-state index in [1.54, 1.807) is 18.0 Å². The van der Waals surface area contributed by atoms with Crippen molar-refractivity contribution in [1.29, 1.82) is 0 Å². The van der Waals surface area contributed by atoms with E-state index in [0.717, 1.165) is 29.1 Å². The summed E-state index contributed by atoms with van der Waals surface area (Å²) in [5, 5.41) is 9.56. The molecule has 1 aromatic carbocycles. The third-order valence-corrected chi connectivity index (χ3v) is 4.42. The second-order valence-corrected chi connectivity index (χ2v) is 5.68. The van der Waals surface area contributed by atoms with Crippen LogP contribution in [-0.4, -0.2) is 25.6 Å². The average molecular weight is 295 g/mol. The standard InChI is InChI=1S/C15H13N5S/c1-2-6-13(7-3-1)19-10-20-14(12-5-4-8-16-9-12)17-18-15(20)21-11-19/h1-9H,10-11H2. The molecule has 1 aliphatic heterocycles. The van der Waals surface area contributed by atoms with Crippen molar-refractivity contribution in [1.82, 2.24) is 19.7 Å². The zero-order valence-electron chi connectivity index (χ0n) is 11.3. The Morgan fingerprint density at radius 3 is 2.71 bits per heavy atom. The Kier molecular flexibility index (Phi) is 3.08. The average Bonchev–Trinajstić information content (AvgIpc) is 2.99. The Morgan fingerprint density at radius 1 is 1.00 bits per heavy atom. The molecular weight excluding hydrogens is 282 g/mol. The summed E-state index contributed by atoms with van der Waals surface area (Å²) in [6, 6.07) is 14.3. The Morgan fingerprint density at radius 2 is 1.90 bits per heavy atom. The fourth-order valence-electron chi connectivity index (χ4n) is 2.37. The summed E-state index contributed by atoms with van der Waals surface area (Å²) >= 11 is 1.70. The van der Waals surface area contributed by atoms with E-state index in [1.807, 2.05) is 24.4 Å². The molecule has 0 saturated carbocycles. The van der Waals surface area contributed by atoms with Gasteiger partial charge in [-0.05, 0) is 24.3 Å². The van der Waals surface area contributed by atoms with Gasteiger partial charge in [0.25, 0.3) is 0 Å². The van der Waals surface area contributed by atoms with E-state index >= 15 is 0 Å². The summed E-state index contributed by atoms with van der Waals surface area (Å²) in [7, 11) is 0. The van der Waals surface area contributed by atoms with Crippen LogP contribution < -0.4 is 4.90 Å². The molecule has 0 unspecified atom stereocenters. The molecule has 0 bridgehead atoms. The SMILES string of the molecule is c1ccc(N2CSc3nnc(-c4cccnc4)n3C2)cc1. The Labute approximate surface area is 126 Å². The molecule has 0 radical (unpaired) electrons. The first-order valence-electron chi connectivity index (χ1n) is 6.68. The van der Waals surface area contributed by atoms with Crippen LogP contribution in [0.4, 0.5) is 5.69 Å². The van der Waals surface area contributed by atoms with Gasteiger partial charge >= 0.3 is 0 Å². The predicted octanol–water partition coefficient (Wildman–Crippen LogP) is 2.87. The van der Waals surface area contributed by atoms with Gasteiger partial charge in [-0.2, -0.15) is 0 Å². The van der Waals surface area contributed by atoms with Crippen LogP contribution in [0.5, 0.6) is 0 Å². The van der Waals surface area contributed by atoms with Gasteiger partial charge in [-0.1, -0.05) is 30.0 Å². The summed E-state index contributed by atoms with van der Waals surface area (Å²) in [6.45, 7) is 0.754. The van der Waals surface area contributed by atoms with E-state index in [2.05, 4.69) is 48.9 Å². The number of para-hydroxylation sites is 1. The molecule has 0 aliphatic carbocycles. The summed E-state index contributed by atoms with van der Waals surface area (Å²) in [6.07, 6.45) is 3.59. The predicted molar refractivity (Wildman–Crippen MR) is 82.9 cm³/mol. The van der Waals surface area contributed by atoms with Crippen LogP contribution in [0.15, 0.2) is 60.0 Å². The first-order valence-corrected chi connectivity index (χ1v) is 7.67. The van der Waals surface area contributed by atoms with Gasteiger partial charge in [0.05, 0.1) is 12.5 Å². The van der Waals surface area contributed by atoms with Crippen LogP contribution in [0.1, 0.15) is 0 Å². The molecule has 0 N–H and O–H groups in total. The number of benzene rings is 1. The Bertz CT molecular complexity index is 741. The lowest BCUT2D eigenvalue weighted by atomic mass is 10.3. The van der Waals surface area contributed by atoms with Crippen molar-refractivity contribution in [3.63, 3.8) is 0 Å². The van der Waals surface area contributed by atoms with E-state index in [4.69, 9.17) is 0 Å². The minimum atomic E-state index is 0.754. The second-order valence-electron chi connectivity index (χ2n) is 4.77. The number of nitrogens with zero attached hydrogens (tertiary/aromatic N) is 5. The van der Waals surface area contributed by atoms with Gasteiger partial charge in [0.1, 0.15) is 0 Å². The highest BCUT2D eigenvalue weighted by atomic mass is 32.2. The lowest BCUT2D eigenvalue weighted by Gasteiger charge is -2.29. The first kappa shape index (κ1) is 12.4. The van der Waals surface area contributed by atoms with Crippen LogP contribution in [0.25, 0.3) is 11.4 Å². The van der Waals surface area contributed by atoms with Crippen molar-refractivity contribution in [3.8, 4) is 11.4 Å². The fourth-order valence-corrected chi connectivity index (χ4v) is 3.27. The second kappa shape index (κ2) is 5.21. The number of thioether (sulfide) groups is 1. The summed E-state index contributed by atoms with van der Waals surface area (Å²) in [4.78, 5) is 6.47. The van der Waals surface area contributed by atoms with E-state index < -0.39 is 0 Å². The maximum absolute atomic E-state index is 4.32. The summed E-state index contributed by atoms with van der Waals surface area (Å²) in [5.41, 5.74) is 2.20. The van der Waals surface area contributed by atoms with Crippen LogP contribution in [0.3, 0.4) is 0 Å². The molecule has 0 fully saturated rings. The van der Waals surface area contributed by atoms with Gasteiger partial charge in [0.2, 0.25) is 0 Å². The number of fused-ring (bicyclic) bond motifs is 1. The molecule has 6 heteroatoms. The van der Waals surface area contributed by atoms with Gasteiger partial charge in [0, 0.05) is 23.6 Å². The van der Waals surface area contributed by atoms with Gasteiger partial charge in [0.15, 0.2) is 11.0 Å². The topological polar surface area (TPSA) is 46.8 Å². The Hall–Kier alpha value is -2.34. The number of hydrogen-bond acceptors (Lipinski definition) is 5. The van der Waals surface area contributed by atoms with Crippen molar-refractivity contribution in [2.45, 2.75) is 11.8 Å². The van der Waals surface area contributed by atoms with Crippen LogP contribution in [-0.2, 0) is 6.67 Å². The zero-order valence-corrected chi connectivity index (χ0v) is 12.1. The van der Waals surface area contributed by atoms with Gasteiger partial charge in [-0.15, -0.1) is 10.2 Å². The van der Waals surface area contributed by atoms with E-state index in [1.165, 1.54) is 5.69 Å². The van der Waals surface area contributed by atoms with Crippen molar-refractivity contribution >= 4 is 17.4 Å². The maximum Gasteiger partial charge on any atom is 0.194 e. The molecule has 21 heavy (non-hydrogen) atoms. The summed E-state index contributed by atoms with van der Waals surface area (Å²) in [5.74, 6) is 1.75. The monoisotopic (exact) mass is 295 g/mol. The number of rotatable bonds is 2. The quantitative estimate of drug-likeness (QED) is 0.727. The van der Waals surface area contributed by atoms with E-state index in [-0.39, 0.29) is 0 Å². The minimum Gasteiger partial charge on any atom is -0.344 e. The highest BCUT2D eigenvalue weighted by molar-refractivity contribution is 7.99. The number of aromatic nitrogens is 4. The molecule has 5 nitrogen and oxygen atoms in total. The number of hydrogen-bond donors (Lipinski definition) is 0. The molecule has 3 aromatic rings. The molecule has 4 rings (SSSR count). The van der Waals surface area contributed by atoms with Crippen molar-refractivity contribution < 1.29 is 0 Å². The van der Waals surface area contributed by atoms with Crippen molar-refractivity contribution in [3.05, 3.63) is 54.9 Å². The number of pyridine rings is 1. The molecule has 0 atom stereocenters. The highest BCUT2D eigenvalue weighted by Gasteiger charge is 2.22. The highest BCUT2D eigenvalue weighted by Crippen LogP contribution is 2.31. The molecule has 104 valence electrons. The molecule has 0 amide bonds. The summed E-state index contributed by atoms with van der Waals surface area (Å²) < 4.78 is 2.14. The van der Waals surface area contributed by atoms with Crippen LogP contribution >= 0.6 is 11.8 Å². The van der Waals surface area contributed by atoms with E-state index in [9.17, 15) is 0 Å². The molecule has 0 saturated heterocycles. The van der Waals surface area contributed by atoms with Gasteiger partial charge < -0.3 is 4.90 Å². The largest absolute Gasteiger partial charge is 0.344 e. The smallest absolute Gasteiger partial charge is 0.194 e. The lowest BCUT2D eigenvalue weighted by molar-refractivity contribution is 0.608. The first-order chi connectivity index (χ1) is 10.4. The number of anilines is 1. The Balaban J connectivity index is 1.70. The van der Waals surface area contributed by atoms with Crippen LogP contribution in [0.2, 0.25) is 0 Å².